The second-order valence-electron chi connectivity index (χ2n) is 6.96. The molecule has 0 spiro atoms. The molecule has 4 heteroatoms. The monoisotopic (exact) mass is 352 g/mol. The lowest BCUT2D eigenvalue weighted by molar-refractivity contribution is -0.117. The molecule has 0 atom stereocenters. The number of aryl methyl sites for hydroxylation is 2. The molecule has 2 aromatic rings. The number of benzene rings is 2. The smallest absolute Gasteiger partial charge is 0.247 e. The fraction of sp³-hybridized carbons (Fsp3) is 0.318. The van der Waals surface area contributed by atoms with Crippen molar-refractivity contribution in [2.45, 2.75) is 33.4 Å². The highest BCUT2D eigenvalue weighted by molar-refractivity contribution is 5.93. The molecule has 1 N–H and O–H groups in total. The molecule has 2 aromatic carbocycles. The van der Waals surface area contributed by atoms with Crippen molar-refractivity contribution < 1.29 is 9.18 Å². The van der Waals surface area contributed by atoms with Crippen molar-refractivity contribution in [3.05, 3.63) is 82.2 Å². The molecule has 0 fully saturated rings. The van der Waals surface area contributed by atoms with E-state index in [2.05, 4.69) is 42.3 Å². The predicted molar refractivity (Wildman–Crippen MR) is 102 cm³/mol. The first kappa shape index (κ1) is 18.3. The van der Waals surface area contributed by atoms with E-state index in [1.54, 1.807) is 12.1 Å². The summed E-state index contributed by atoms with van der Waals surface area (Å²) in [5.74, 6) is -0.196. The number of halogens is 1. The highest BCUT2D eigenvalue weighted by Gasteiger charge is 2.17. The molecule has 1 aliphatic rings. The third-order valence-corrected chi connectivity index (χ3v) is 4.82. The maximum atomic E-state index is 13.3. The van der Waals surface area contributed by atoms with Crippen molar-refractivity contribution in [3.8, 4) is 0 Å². The number of carbonyl (C=O) groups excluding carboxylic acids is 1. The molecule has 0 bridgehead atoms. The highest BCUT2D eigenvalue weighted by Crippen LogP contribution is 2.16. The Hall–Kier alpha value is -2.46. The van der Waals surface area contributed by atoms with E-state index < -0.39 is 0 Å². The molecule has 1 amide bonds. The molecule has 0 saturated heterocycles. The summed E-state index contributed by atoms with van der Waals surface area (Å²) in [6.07, 6.45) is 2.70. The van der Waals surface area contributed by atoms with Gasteiger partial charge in [0.25, 0.3) is 0 Å². The van der Waals surface area contributed by atoms with Crippen LogP contribution in [-0.2, 0) is 17.9 Å². The van der Waals surface area contributed by atoms with Crippen LogP contribution in [0.1, 0.15) is 28.7 Å². The largest absolute Gasteiger partial charge is 0.348 e. The van der Waals surface area contributed by atoms with E-state index in [-0.39, 0.29) is 11.7 Å². The number of carbonyl (C=O) groups is 1. The summed E-state index contributed by atoms with van der Waals surface area (Å²) < 4.78 is 13.3. The van der Waals surface area contributed by atoms with Gasteiger partial charge in [0.2, 0.25) is 5.91 Å². The minimum absolute atomic E-state index is 0.0105. The number of amides is 1. The second-order valence-corrected chi connectivity index (χ2v) is 6.96. The van der Waals surface area contributed by atoms with Gasteiger partial charge in [-0.2, -0.15) is 0 Å². The van der Waals surface area contributed by atoms with E-state index in [9.17, 15) is 9.18 Å². The maximum Gasteiger partial charge on any atom is 0.247 e. The van der Waals surface area contributed by atoms with E-state index in [1.807, 2.05) is 12.1 Å². The Kier molecular flexibility index (Phi) is 5.84. The van der Waals surface area contributed by atoms with Crippen molar-refractivity contribution in [1.82, 2.24) is 10.2 Å². The first-order chi connectivity index (χ1) is 12.5. The minimum Gasteiger partial charge on any atom is -0.348 e. The topological polar surface area (TPSA) is 32.3 Å². The number of hydrogen-bond acceptors (Lipinski definition) is 2. The van der Waals surface area contributed by atoms with Gasteiger partial charge in [-0.15, -0.1) is 0 Å². The molecule has 3 rings (SSSR count). The molecule has 0 aromatic heterocycles. The zero-order valence-corrected chi connectivity index (χ0v) is 15.4. The van der Waals surface area contributed by atoms with Gasteiger partial charge >= 0.3 is 0 Å². The average Bonchev–Trinajstić information content (AvgIpc) is 2.63. The van der Waals surface area contributed by atoms with Crippen molar-refractivity contribution in [2.24, 2.45) is 0 Å². The van der Waals surface area contributed by atoms with E-state index in [0.29, 0.717) is 26.1 Å². The summed E-state index contributed by atoms with van der Waals surface area (Å²) in [7, 11) is 0. The fourth-order valence-electron chi connectivity index (χ4n) is 3.23. The molecule has 3 nitrogen and oxygen atoms in total. The molecule has 0 aliphatic carbocycles. The Morgan fingerprint density at radius 2 is 2.04 bits per heavy atom. The summed E-state index contributed by atoms with van der Waals surface area (Å²) in [4.78, 5) is 14.6. The summed E-state index contributed by atoms with van der Waals surface area (Å²) in [5, 5.41) is 3.03. The van der Waals surface area contributed by atoms with Gasteiger partial charge in [-0.25, -0.2) is 4.39 Å². The Morgan fingerprint density at radius 3 is 2.77 bits per heavy atom. The lowest BCUT2D eigenvalue weighted by Gasteiger charge is -2.26. The van der Waals surface area contributed by atoms with Crippen LogP contribution in [0.2, 0.25) is 0 Å². The zero-order chi connectivity index (χ0) is 18.5. The normalized spacial score (nSPS) is 14.8. The molecule has 0 saturated carbocycles. The SMILES string of the molecule is Cc1ccc(C)c(CNC(=O)C2=CCN(Cc3cccc(F)c3)CC2)c1. The van der Waals surface area contributed by atoms with Crippen LogP contribution in [0, 0.1) is 19.7 Å². The van der Waals surface area contributed by atoms with Crippen molar-refractivity contribution in [1.29, 1.82) is 0 Å². The van der Waals surface area contributed by atoms with E-state index in [0.717, 1.165) is 23.2 Å². The first-order valence-electron chi connectivity index (χ1n) is 9.01. The van der Waals surface area contributed by atoms with Crippen LogP contribution in [0.25, 0.3) is 0 Å². The number of hydrogen-bond donors (Lipinski definition) is 1. The molecule has 1 heterocycles. The molecule has 0 radical (unpaired) electrons. The first-order valence-corrected chi connectivity index (χ1v) is 9.01. The van der Waals surface area contributed by atoms with Crippen LogP contribution in [0.5, 0.6) is 0 Å². The molecule has 1 aliphatic heterocycles. The Balaban J connectivity index is 1.53. The van der Waals surface area contributed by atoms with Crippen LogP contribution in [0.4, 0.5) is 4.39 Å². The van der Waals surface area contributed by atoms with Crippen LogP contribution < -0.4 is 5.32 Å². The quantitative estimate of drug-likeness (QED) is 0.885. The molecule has 0 unspecified atom stereocenters. The van der Waals surface area contributed by atoms with Gasteiger partial charge in [-0.05, 0) is 49.1 Å². The molecule has 136 valence electrons. The van der Waals surface area contributed by atoms with Crippen molar-refractivity contribution in [2.75, 3.05) is 13.1 Å². The number of nitrogens with zero attached hydrogens (tertiary/aromatic N) is 1. The lowest BCUT2D eigenvalue weighted by Crippen LogP contribution is -2.33. The maximum absolute atomic E-state index is 13.3. The van der Waals surface area contributed by atoms with Crippen LogP contribution in [-0.4, -0.2) is 23.9 Å². The van der Waals surface area contributed by atoms with E-state index in [4.69, 9.17) is 0 Å². The summed E-state index contributed by atoms with van der Waals surface area (Å²) >= 11 is 0. The number of nitrogens with one attached hydrogen (secondary N) is 1. The third kappa shape index (κ3) is 4.79. The van der Waals surface area contributed by atoms with Gasteiger partial charge in [-0.3, -0.25) is 9.69 Å². The summed E-state index contributed by atoms with van der Waals surface area (Å²) in [6, 6.07) is 13.0. The molecular formula is C22H25FN2O. The van der Waals surface area contributed by atoms with Gasteiger partial charge in [0.1, 0.15) is 5.82 Å². The van der Waals surface area contributed by atoms with Crippen molar-refractivity contribution >= 4 is 5.91 Å². The summed E-state index contributed by atoms with van der Waals surface area (Å²) in [6.45, 7) is 6.89. The zero-order valence-electron chi connectivity index (χ0n) is 15.4. The average molecular weight is 352 g/mol. The predicted octanol–water partition coefficient (Wildman–Crippen LogP) is 3.89. The van der Waals surface area contributed by atoms with Gasteiger partial charge in [0.05, 0.1) is 0 Å². The minimum atomic E-state index is -0.207. The lowest BCUT2D eigenvalue weighted by atomic mass is 10.0. The van der Waals surface area contributed by atoms with Gasteiger partial charge in [0.15, 0.2) is 0 Å². The van der Waals surface area contributed by atoms with Gasteiger partial charge in [-0.1, -0.05) is 42.0 Å². The number of rotatable bonds is 5. The van der Waals surface area contributed by atoms with Crippen LogP contribution in [0.3, 0.4) is 0 Å². The fourth-order valence-corrected chi connectivity index (χ4v) is 3.23. The Bertz CT molecular complexity index is 829. The Morgan fingerprint density at radius 1 is 1.19 bits per heavy atom. The van der Waals surface area contributed by atoms with Crippen molar-refractivity contribution in [3.63, 3.8) is 0 Å². The van der Waals surface area contributed by atoms with Gasteiger partial charge in [0, 0.05) is 31.8 Å². The van der Waals surface area contributed by atoms with Crippen LogP contribution in [0.15, 0.2) is 54.1 Å². The molecular weight excluding hydrogens is 327 g/mol. The van der Waals surface area contributed by atoms with E-state index >= 15 is 0 Å². The molecule has 26 heavy (non-hydrogen) atoms. The standard InChI is InChI=1S/C22H25FN2O/c1-16-6-7-17(2)20(12-16)14-24-22(26)19-8-10-25(11-9-19)15-18-4-3-5-21(23)13-18/h3-8,12-13H,9-11,14-15H2,1-2H3,(H,24,26). The second kappa shape index (κ2) is 8.28. The van der Waals surface area contributed by atoms with Gasteiger partial charge < -0.3 is 5.32 Å². The third-order valence-electron chi connectivity index (χ3n) is 4.82. The van der Waals surface area contributed by atoms with E-state index in [1.165, 1.54) is 17.2 Å². The Labute approximate surface area is 154 Å². The van der Waals surface area contributed by atoms with Crippen LogP contribution >= 0.6 is 0 Å². The highest BCUT2D eigenvalue weighted by atomic mass is 19.1. The summed E-state index contributed by atoms with van der Waals surface area (Å²) in [5.41, 5.74) is 5.34.